The minimum Gasteiger partial charge on any atom is -0.379 e. The van der Waals surface area contributed by atoms with Crippen LogP contribution >= 0.6 is 0 Å². The van der Waals surface area contributed by atoms with Crippen molar-refractivity contribution < 1.29 is 14.2 Å². The molecule has 0 N–H and O–H groups in total. The largest absolute Gasteiger partial charge is 0.379 e. The van der Waals surface area contributed by atoms with E-state index in [1.807, 2.05) is 0 Å². The van der Waals surface area contributed by atoms with Gasteiger partial charge in [0.15, 0.2) is 0 Å². The summed E-state index contributed by atoms with van der Waals surface area (Å²) in [4.78, 5) is 0. The maximum Gasteiger partial charge on any atom is 0.143 e. The summed E-state index contributed by atoms with van der Waals surface area (Å²) in [5.41, 5.74) is 2.57. The minimum atomic E-state index is -0.776. The van der Waals surface area contributed by atoms with Gasteiger partial charge in [-0.05, 0) is 71.0 Å². The van der Waals surface area contributed by atoms with Gasteiger partial charge in [-0.2, -0.15) is 0 Å². The van der Waals surface area contributed by atoms with E-state index in [1.165, 1.54) is 96.3 Å². The van der Waals surface area contributed by atoms with Gasteiger partial charge in [0, 0.05) is 13.2 Å². The van der Waals surface area contributed by atoms with Gasteiger partial charge in [0.2, 0.25) is 0 Å². The van der Waals surface area contributed by atoms with Crippen molar-refractivity contribution in [2.45, 2.75) is 183 Å². The molecule has 3 nitrogen and oxygen atoms in total. The number of ether oxygens (including phenoxy) is 3. The maximum atomic E-state index is 7.26. The van der Waals surface area contributed by atoms with Gasteiger partial charge in [-0.3, -0.25) is 0 Å². The van der Waals surface area contributed by atoms with E-state index in [1.54, 1.807) is 0 Å². The van der Waals surface area contributed by atoms with Crippen molar-refractivity contribution in [2.75, 3.05) is 26.4 Å². The minimum absolute atomic E-state index is 0.164. The Hall–Kier alpha value is -2.46. The standard InChI is InChI=1S/C57H92O3/c1-46(2)24-19-26-48(5)28-21-29-50(7)31-22-32-51(8)40-42-58-44-56(59-43-41-52(9)33-23-30-49(6)27-20-25-47(3)4)45-60-57(53-34-13-10-14-35-53,54-36-15-11-16-37-54)55-38-17-12-18-39-55/h10-18,34-39,46-52,56H,19-33,40-45H2,1-9H3/t48-,49?,50-,51?,52?,56?/m1/s1. The average molecular weight is 825 g/mol. The summed E-state index contributed by atoms with van der Waals surface area (Å²) < 4.78 is 20.5. The quantitative estimate of drug-likeness (QED) is 0.0437. The highest BCUT2D eigenvalue weighted by atomic mass is 16.6. The zero-order chi connectivity index (χ0) is 43.4. The number of hydrogen-bond acceptors (Lipinski definition) is 3. The van der Waals surface area contributed by atoms with Crippen LogP contribution in [0.2, 0.25) is 0 Å². The molecule has 3 aromatic rings. The van der Waals surface area contributed by atoms with E-state index in [9.17, 15) is 0 Å². The van der Waals surface area contributed by atoms with E-state index in [4.69, 9.17) is 14.2 Å². The fourth-order valence-corrected chi connectivity index (χ4v) is 8.98. The van der Waals surface area contributed by atoms with Crippen LogP contribution in [0, 0.1) is 41.4 Å². The number of benzene rings is 3. The third-order valence-electron chi connectivity index (χ3n) is 13.2. The molecule has 3 aromatic carbocycles. The first kappa shape index (κ1) is 51.9. The van der Waals surface area contributed by atoms with Crippen LogP contribution in [0.3, 0.4) is 0 Å². The van der Waals surface area contributed by atoms with Crippen molar-refractivity contribution in [1.29, 1.82) is 0 Å². The molecule has 3 rings (SSSR count). The molecule has 0 radical (unpaired) electrons. The Kier molecular flexibility index (Phi) is 26.4. The first-order chi connectivity index (χ1) is 29.0. The highest BCUT2D eigenvalue weighted by Crippen LogP contribution is 2.40. The summed E-state index contributed by atoms with van der Waals surface area (Å²) in [6, 6.07) is 32.1. The predicted octanol–water partition coefficient (Wildman–Crippen LogP) is 16.5. The van der Waals surface area contributed by atoms with Gasteiger partial charge in [0.05, 0.1) is 13.2 Å². The van der Waals surface area contributed by atoms with Gasteiger partial charge in [-0.15, -0.1) is 0 Å². The third kappa shape index (κ3) is 21.1. The van der Waals surface area contributed by atoms with E-state index in [-0.39, 0.29) is 6.10 Å². The lowest BCUT2D eigenvalue weighted by Gasteiger charge is -2.37. The molecule has 0 aliphatic heterocycles. The molecule has 0 aliphatic carbocycles. The van der Waals surface area contributed by atoms with Crippen molar-refractivity contribution in [2.24, 2.45) is 41.4 Å². The fraction of sp³-hybridized carbons (Fsp3) is 0.684. The normalized spacial score (nSPS) is 15.2. The smallest absolute Gasteiger partial charge is 0.143 e. The second kappa shape index (κ2) is 30.6. The Morgan fingerprint density at radius 3 is 1.03 bits per heavy atom. The maximum absolute atomic E-state index is 7.26. The molecule has 0 amide bonds. The molecule has 0 aromatic heterocycles. The van der Waals surface area contributed by atoms with Crippen molar-refractivity contribution in [1.82, 2.24) is 0 Å². The van der Waals surface area contributed by atoms with Crippen LogP contribution in [0.25, 0.3) is 0 Å². The summed E-state index contributed by atoms with van der Waals surface area (Å²) in [6.07, 6.45) is 22.3. The molecule has 0 saturated heterocycles. The monoisotopic (exact) mass is 825 g/mol. The van der Waals surface area contributed by atoms with E-state index in [0.717, 1.165) is 72.3 Å². The first-order valence-electron chi connectivity index (χ1n) is 25.0. The van der Waals surface area contributed by atoms with Gasteiger partial charge in [-0.25, -0.2) is 0 Å². The number of rotatable bonds is 35. The zero-order valence-electron chi connectivity index (χ0n) is 40.4. The molecular formula is C57H92O3. The summed E-state index contributed by atoms with van der Waals surface area (Å²) >= 11 is 0. The molecular weight excluding hydrogens is 733 g/mol. The molecule has 338 valence electrons. The SMILES string of the molecule is CC(C)CCCC(C)CCCC(C)CCOC(COCCC(C)CCC[C@H](C)CCC[C@H](C)CCCC(C)C)COC(c1ccccc1)(c1ccccc1)c1ccccc1. The second-order valence-corrected chi connectivity index (χ2v) is 20.2. The molecule has 0 fully saturated rings. The van der Waals surface area contributed by atoms with E-state index < -0.39 is 5.60 Å². The highest BCUT2D eigenvalue weighted by molar-refractivity contribution is 5.47. The zero-order valence-corrected chi connectivity index (χ0v) is 40.4. The summed E-state index contributed by atoms with van der Waals surface area (Å²) in [6.45, 7) is 24.0. The van der Waals surface area contributed by atoms with Gasteiger partial charge < -0.3 is 14.2 Å². The lowest BCUT2D eigenvalue weighted by atomic mass is 9.80. The lowest BCUT2D eigenvalue weighted by molar-refractivity contribution is -0.0940. The van der Waals surface area contributed by atoms with Crippen molar-refractivity contribution in [3.63, 3.8) is 0 Å². The predicted molar refractivity (Wildman–Crippen MR) is 260 cm³/mol. The Bertz CT molecular complexity index is 1320. The highest BCUT2D eigenvalue weighted by Gasteiger charge is 2.38. The Labute approximate surface area is 371 Å². The summed E-state index contributed by atoms with van der Waals surface area (Å²) in [5, 5.41) is 0. The molecule has 4 unspecified atom stereocenters. The van der Waals surface area contributed by atoms with Crippen LogP contribution in [-0.4, -0.2) is 32.5 Å². The first-order valence-corrected chi connectivity index (χ1v) is 25.0. The van der Waals surface area contributed by atoms with Crippen molar-refractivity contribution in [3.05, 3.63) is 108 Å². The van der Waals surface area contributed by atoms with E-state index in [0.29, 0.717) is 25.0 Å². The summed E-state index contributed by atoms with van der Waals surface area (Å²) in [5.74, 6) is 5.48. The molecule has 6 atom stereocenters. The topological polar surface area (TPSA) is 27.7 Å². The molecule has 0 aliphatic rings. The van der Waals surface area contributed by atoms with Crippen LogP contribution in [0.4, 0.5) is 0 Å². The molecule has 60 heavy (non-hydrogen) atoms. The molecule has 0 heterocycles. The van der Waals surface area contributed by atoms with E-state index >= 15 is 0 Å². The summed E-state index contributed by atoms with van der Waals surface area (Å²) in [7, 11) is 0. The van der Waals surface area contributed by atoms with Crippen LogP contribution < -0.4 is 0 Å². The van der Waals surface area contributed by atoms with Gasteiger partial charge >= 0.3 is 0 Å². The molecule has 0 saturated carbocycles. The molecule has 3 heteroatoms. The van der Waals surface area contributed by atoms with Crippen LogP contribution in [0.1, 0.15) is 188 Å². The lowest BCUT2D eigenvalue weighted by Crippen LogP contribution is -2.38. The number of hydrogen-bond donors (Lipinski definition) is 0. The van der Waals surface area contributed by atoms with E-state index in [2.05, 4.69) is 153 Å². The van der Waals surface area contributed by atoms with Gasteiger partial charge in [-0.1, -0.05) is 250 Å². The fourth-order valence-electron chi connectivity index (χ4n) is 8.98. The van der Waals surface area contributed by atoms with Crippen molar-refractivity contribution in [3.8, 4) is 0 Å². The third-order valence-corrected chi connectivity index (χ3v) is 13.2. The Balaban J connectivity index is 1.56. The average Bonchev–Trinajstić information content (AvgIpc) is 3.23. The Morgan fingerprint density at radius 2 is 0.683 bits per heavy atom. The second-order valence-electron chi connectivity index (χ2n) is 20.2. The van der Waals surface area contributed by atoms with Gasteiger partial charge in [0.1, 0.15) is 11.7 Å². The molecule has 0 spiro atoms. The van der Waals surface area contributed by atoms with Crippen LogP contribution in [0.15, 0.2) is 91.0 Å². The van der Waals surface area contributed by atoms with Crippen LogP contribution in [-0.2, 0) is 19.8 Å². The molecule has 0 bridgehead atoms. The van der Waals surface area contributed by atoms with Crippen LogP contribution in [0.5, 0.6) is 0 Å². The van der Waals surface area contributed by atoms with Crippen molar-refractivity contribution >= 4 is 0 Å². The Morgan fingerprint density at radius 1 is 0.367 bits per heavy atom. The van der Waals surface area contributed by atoms with Gasteiger partial charge in [0.25, 0.3) is 0 Å².